The van der Waals surface area contributed by atoms with Crippen molar-refractivity contribution in [1.82, 2.24) is 10.2 Å². The van der Waals surface area contributed by atoms with Crippen molar-refractivity contribution < 1.29 is 9.59 Å². The van der Waals surface area contributed by atoms with Crippen LogP contribution in [0.15, 0.2) is 0 Å². The lowest BCUT2D eigenvalue weighted by molar-refractivity contribution is -0.149. The molecular weight excluding hydrogens is 252 g/mol. The van der Waals surface area contributed by atoms with Gasteiger partial charge in [-0.2, -0.15) is 0 Å². The quantitative estimate of drug-likeness (QED) is 0.696. The fourth-order valence-corrected chi connectivity index (χ4v) is 2.71. The third kappa shape index (κ3) is 4.80. The van der Waals surface area contributed by atoms with Crippen LogP contribution in [-0.2, 0) is 9.59 Å². The first kappa shape index (κ1) is 17.0. The van der Waals surface area contributed by atoms with Crippen LogP contribution in [-0.4, -0.2) is 35.3 Å². The van der Waals surface area contributed by atoms with Gasteiger partial charge in [-0.3, -0.25) is 9.59 Å². The van der Waals surface area contributed by atoms with Crippen molar-refractivity contribution in [3.8, 4) is 0 Å². The summed E-state index contributed by atoms with van der Waals surface area (Å²) >= 11 is 0. The van der Waals surface area contributed by atoms with E-state index in [9.17, 15) is 9.59 Å². The predicted octanol–water partition coefficient (Wildman–Crippen LogP) is 2.72. The summed E-state index contributed by atoms with van der Waals surface area (Å²) in [6, 6.07) is -0.647. The second-order valence-corrected chi connectivity index (χ2v) is 6.31. The zero-order valence-corrected chi connectivity index (χ0v) is 13.4. The SMILES string of the molecule is CCCCCCCN1C(=O)C(CC(C)C)NC(=O)C1C. The van der Waals surface area contributed by atoms with Gasteiger partial charge in [-0.05, 0) is 25.7 Å². The van der Waals surface area contributed by atoms with Crippen molar-refractivity contribution in [2.45, 2.75) is 78.3 Å². The Morgan fingerprint density at radius 3 is 2.40 bits per heavy atom. The van der Waals surface area contributed by atoms with Crippen LogP contribution in [0.2, 0.25) is 0 Å². The minimum absolute atomic E-state index is 0.0104. The summed E-state index contributed by atoms with van der Waals surface area (Å²) in [6.45, 7) is 8.88. The summed E-state index contributed by atoms with van der Waals surface area (Å²) in [7, 11) is 0. The van der Waals surface area contributed by atoms with Crippen LogP contribution >= 0.6 is 0 Å². The maximum Gasteiger partial charge on any atom is 0.245 e. The maximum absolute atomic E-state index is 12.4. The summed E-state index contributed by atoms with van der Waals surface area (Å²) in [4.78, 5) is 26.2. The maximum atomic E-state index is 12.4. The molecule has 1 rings (SSSR count). The van der Waals surface area contributed by atoms with Gasteiger partial charge in [0.2, 0.25) is 11.8 Å². The van der Waals surface area contributed by atoms with Gasteiger partial charge < -0.3 is 10.2 Å². The van der Waals surface area contributed by atoms with Crippen molar-refractivity contribution in [1.29, 1.82) is 0 Å². The average Bonchev–Trinajstić information content (AvgIpc) is 2.38. The Hall–Kier alpha value is -1.06. The normalized spacial score (nSPS) is 23.4. The monoisotopic (exact) mass is 282 g/mol. The zero-order chi connectivity index (χ0) is 15.1. The molecule has 1 heterocycles. The number of unbranched alkanes of at least 4 members (excludes halogenated alkanes) is 4. The summed E-state index contributed by atoms with van der Waals surface area (Å²) in [5, 5.41) is 2.86. The number of piperazine rings is 1. The van der Waals surface area contributed by atoms with E-state index in [0.29, 0.717) is 12.5 Å². The van der Waals surface area contributed by atoms with Crippen LogP contribution < -0.4 is 5.32 Å². The first-order valence-corrected chi connectivity index (χ1v) is 8.08. The second kappa shape index (κ2) is 8.28. The number of rotatable bonds is 8. The first-order valence-electron chi connectivity index (χ1n) is 8.08. The molecule has 0 spiro atoms. The van der Waals surface area contributed by atoms with E-state index >= 15 is 0 Å². The predicted molar refractivity (Wildman–Crippen MR) is 81.3 cm³/mol. The molecule has 1 fully saturated rings. The molecule has 2 atom stereocenters. The minimum atomic E-state index is -0.325. The first-order chi connectivity index (χ1) is 9.47. The molecule has 1 N–H and O–H groups in total. The van der Waals surface area contributed by atoms with E-state index < -0.39 is 0 Å². The molecule has 0 aliphatic carbocycles. The van der Waals surface area contributed by atoms with Gasteiger partial charge in [0.25, 0.3) is 0 Å². The van der Waals surface area contributed by atoms with Gasteiger partial charge in [0.05, 0.1) is 0 Å². The van der Waals surface area contributed by atoms with Crippen LogP contribution in [0.4, 0.5) is 0 Å². The number of nitrogens with zero attached hydrogens (tertiary/aromatic N) is 1. The van der Waals surface area contributed by atoms with Gasteiger partial charge >= 0.3 is 0 Å². The molecule has 0 bridgehead atoms. The van der Waals surface area contributed by atoms with Crippen LogP contribution in [0.5, 0.6) is 0 Å². The summed E-state index contributed by atoms with van der Waals surface area (Å²) in [5.41, 5.74) is 0. The molecule has 116 valence electrons. The topological polar surface area (TPSA) is 49.4 Å². The van der Waals surface area contributed by atoms with E-state index in [4.69, 9.17) is 0 Å². The summed E-state index contributed by atoms with van der Waals surface area (Å²) in [6.07, 6.45) is 6.55. The molecule has 2 amide bonds. The Morgan fingerprint density at radius 1 is 1.15 bits per heavy atom. The Morgan fingerprint density at radius 2 is 1.80 bits per heavy atom. The van der Waals surface area contributed by atoms with E-state index in [1.807, 2.05) is 6.92 Å². The Labute approximate surface area is 123 Å². The Bertz CT molecular complexity index is 328. The van der Waals surface area contributed by atoms with Crippen LogP contribution in [0.1, 0.15) is 66.2 Å². The van der Waals surface area contributed by atoms with Gasteiger partial charge in [-0.1, -0.05) is 46.5 Å². The van der Waals surface area contributed by atoms with E-state index in [0.717, 1.165) is 19.3 Å². The fraction of sp³-hybridized carbons (Fsp3) is 0.875. The number of hydrogen-bond donors (Lipinski definition) is 1. The third-order valence-corrected chi connectivity index (χ3v) is 3.95. The van der Waals surface area contributed by atoms with E-state index in [-0.39, 0.29) is 23.9 Å². The molecule has 20 heavy (non-hydrogen) atoms. The highest BCUT2D eigenvalue weighted by atomic mass is 16.2. The number of carbonyl (C=O) groups excluding carboxylic acids is 2. The highest BCUT2D eigenvalue weighted by Crippen LogP contribution is 2.16. The van der Waals surface area contributed by atoms with Crippen LogP contribution in [0, 0.1) is 5.92 Å². The lowest BCUT2D eigenvalue weighted by Crippen LogP contribution is -2.62. The van der Waals surface area contributed by atoms with Crippen molar-refractivity contribution >= 4 is 11.8 Å². The molecule has 0 aromatic rings. The highest BCUT2D eigenvalue weighted by molar-refractivity contribution is 5.96. The van der Waals surface area contributed by atoms with Crippen molar-refractivity contribution in [2.75, 3.05) is 6.54 Å². The molecule has 1 aliphatic rings. The molecule has 0 aromatic carbocycles. The van der Waals surface area contributed by atoms with Gasteiger partial charge in [0.15, 0.2) is 0 Å². The van der Waals surface area contributed by atoms with Crippen molar-refractivity contribution in [3.63, 3.8) is 0 Å². The van der Waals surface area contributed by atoms with Crippen LogP contribution in [0.3, 0.4) is 0 Å². The molecule has 1 saturated heterocycles. The van der Waals surface area contributed by atoms with E-state index in [1.54, 1.807) is 4.90 Å². The number of nitrogens with one attached hydrogen (secondary N) is 1. The Balaban J connectivity index is 2.52. The molecular formula is C16H30N2O2. The molecule has 0 saturated carbocycles. The molecule has 1 aliphatic heterocycles. The largest absolute Gasteiger partial charge is 0.343 e. The van der Waals surface area contributed by atoms with Crippen molar-refractivity contribution in [3.05, 3.63) is 0 Å². The van der Waals surface area contributed by atoms with Gasteiger partial charge in [0, 0.05) is 6.54 Å². The zero-order valence-electron chi connectivity index (χ0n) is 13.4. The van der Waals surface area contributed by atoms with E-state index in [1.165, 1.54) is 19.3 Å². The summed E-state index contributed by atoms with van der Waals surface area (Å²) < 4.78 is 0. The summed E-state index contributed by atoms with van der Waals surface area (Å²) in [5.74, 6) is 0.495. The second-order valence-electron chi connectivity index (χ2n) is 6.31. The highest BCUT2D eigenvalue weighted by Gasteiger charge is 2.37. The molecule has 0 aromatic heterocycles. The number of carbonyl (C=O) groups is 2. The van der Waals surface area contributed by atoms with Gasteiger partial charge in [-0.15, -0.1) is 0 Å². The molecule has 4 heteroatoms. The lowest BCUT2D eigenvalue weighted by atomic mass is 9.98. The minimum Gasteiger partial charge on any atom is -0.343 e. The number of amides is 2. The smallest absolute Gasteiger partial charge is 0.245 e. The molecule has 4 nitrogen and oxygen atoms in total. The lowest BCUT2D eigenvalue weighted by Gasteiger charge is -2.38. The van der Waals surface area contributed by atoms with Crippen LogP contribution in [0.25, 0.3) is 0 Å². The van der Waals surface area contributed by atoms with E-state index in [2.05, 4.69) is 26.1 Å². The molecule has 0 radical (unpaired) electrons. The fourth-order valence-electron chi connectivity index (χ4n) is 2.71. The third-order valence-electron chi connectivity index (χ3n) is 3.95. The van der Waals surface area contributed by atoms with Gasteiger partial charge in [0.1, 0.15) is 12.1 Å². The van der Waals surface area contributed by atoms with Crippen molar-refractivity contribution in [2.24, 2.45) is 5.92 Å². The average molecular weight is 282 g/mol. The standard InChI is InChI=1S/C16H30N2O2/c1-5-6-7-8-9-10-18-13(4)15(19)17-14(16(18)20)11-12(2)3/h12-14H,5-11H2,1-4H3,(H,17,19). The molecule has 2 unspecified atom stereocenters. The Kier molecular flexibility index (Phi) is 7.03. The number of hydrogen-bond acceptors (Lipinski definition) is 2. The van der Waals surface area contributed by atoms with Gasteiger partial charge in [-0.25, -0.2) is 0 Å².